The van der Waals surface area contributed by atoms with Crippen molar-refractivity contribution in [2.24, 2.45) is 0 Å². The van der Waals surface area contributed by atoms with E-state index in [-0.39, 0.29) is 17.1 Å². The minimum Gasteiger partial charge on any atom is -0.325 e. The summed E-state index contributed by atoms with van der Waals surface area (Å²) in [6.45, 7) is 1.98. The Labute approximate surface area is 193 Å². The molecule has 4 nitrogen and oxygen atoms in total. The Bertz CT molecular complexity index is 1040. The second-order valence-corrected chi connectivity index (χ2v) is 9.13. The molecular weight excluding hydrogens is 484 g/mol. The van der Waals surface area contributed by atoms with Gasteiger partial charge >= 0.3 is 0 Å². The molecule has 0 aliphatic rings. The van der Waals surface area contributed by atoms with Crippen LogP contribution in [0.25, 0.3) is 0 Å². The lowest BCUT2D eigenvalue weighted by molar-refractivity contribution is -0.115. The molecule has 2 N–H and O–H groups in total. The summed E-state index contributed by atoms with van der Waals surface area (Å²) in [5.41, 5.74) is 1.90. The molecule has 0 fully saturated rings. The van der Waals surface area contributed by atoms with Crippen LogP contribution < -0.4 is 10.6 Å². The molecule has 1 atom stereocenters. The molecule has 0 bridgehead atoms. The molecule has 0 aliphatic carbocycles. The van der Waals surface area contributed by atoms with E-state index in [9.17, 15) is 9.59 Å². The Morgan fingerprint density at radius 2 is 1.70 bits per heavy atom. The molecule has 0 aliphatic heterocycles. The van der Waals surface area contributed by atoms with E-state index in [4.69, 9.17) is 11.6 Å². The molecule has 154 valence electrons. The Balaban J connectivity index is 1.66. The van der Waals surface area contributed by atoms with E-state index in [2.05, 4.69) is 26.6 Å². The highest BCUT2D eigenvalue weighted by Crippen LogP contribution is 2.29. The molecule has 0 heterocycles. The summed E-state index contributed by atoms with van der Waals surface area (Å²) >= 11 is 10.8. The van der Waals surface area contributed by atoms with Gasteiger partial charge in [-0.15, -0.1) is 11.8 Å². The number of anilines is 2. The van der Waals surface area contributed by atoms with E-state index in [0.29, 0.717) is 22.7 Å². The quantitative estimate of drug-likeness (QED) is 0.346. The van der Waals surface area contributed by atoms with Crippen molar-refractivity contribution in [3.63, 3.8) is 0 Å². The zero-order chi connectivity index (χ0) is 21.5. The summed E-state index contributed by atoms with van der Waals surface area (Å²) in [4.78, 5) is 26.0. The van der Waals surface area contributed by atoms with Gasteiger partial charge in [0.05, 0.1) is 5.25 Å². The molecule has 30 heavy (non-hydrogen) atoms. The number of carbonyl (C=O) groups excluding carboxylic acids is 2. The largest absolute Gasteiger partial charge is 0.325 e. The third-order valence-corrected chi connectivity index (χ3v) is 6.35. The van der Waals surface area contributed by atoms with Crippen LogP contribution >= 0.6 is 39.3 Å². The van der Waals surface area contributed by atoms with Gasteiger partial charge in [0.15, 0.2) is 0 Å². The number of halogens is 2. The van der Waals surface area contributed by atoms with Crippen LogP contribution in [0.2, 0.25) is 5.02 Å². The van der Waals surface area contributed by atoms with Gasteiger partial charge in [0.25, 0.3) is 5.91 Å². The van der Waals surface area contributed by atoms with Gasteiger partial charge in [0.2, 0.25) is 5.91 Å². The monoisotopic (exact) mass is 502 g/mol. The number of rotatable bonds is 7. The summed E-state index contributed by atoms with van der Waals surface area (Å²) in [6, 6.07) is 21.7. The van der Waals surface area contributed by atoms with Crippen molar-refractivity contribution in [1.29, 1.82) is 0 Å². The highest BCUT2D eigenvalue weighted by atomic mass is 79.9. The average molecular weight is 504 g/mol. The van der Waals surface area contributed by atoms with Gasteiger partial charge in [-0.05, 0) is 67.1 Å². The van der Waals surface area contributed by atoms with Gasteiger partial charge in [0.1, 0.15) is 0 Å². The molecule has 1 unspecified atom stereocenters. The topological polar surface area (TPSA) is 58.2 Å². The third-order valence-electron chi connectivity index (χ3n) is 4.23. The van der Waals surface area contributed by atoms with Crippen LogP contribution in [-0.2, 0) is 4.79 Å². The number of nitrogens with one attached hydrogen (secondary N) is 2. The first-order valence-electron chi connectivity index (χ1n) is 9.34. The van der Waals surface area contributed by atoms with E-state index < -0.39 is 0 Å². The van der Waals surface area contributed by atoms with E-state index in [1.165, 1.54) is 11.8 Å². The Morgan fingerprint density at radius 3 is 2.40 bits per heavy atom. The summed E-state index contributed by atoms with van der Waals surface area (Å²) < 4.78 is 0.957. The third kappa shape index (κ3) is 6.36. The number of carbonyl (C=O) groups is 2. The zero-order valence-electron chi connectivity index (χ0n) is 16.2. The second kappa shape index (κ2) is 10.7. The molecule has 0 spiro atoms. The van der Waals surface area contributed by atoms with E-state index >= 15 is 0 Å². The maximum absolute atomic E-state index is 12.7. The van der Waals surface area contributed by atoms with Gasteiger partial charge in [-0.1, -0.05) is 46.6 Å². The van der Waals surface area contributed by atoms with Crippen LogP contribution in [0.1, 0.15) is 23.7 Å². The lowest BCUT2D eigenvalue weighted by Crippen LogP contribution is -2.24. The van der Waals surface area contributed by atoms with Gasteiger partial charge in [-0.3, -0.25) is 9.59 Å². The smallest absolute Gasteiger partial charge is 0.255 e. The lowest BCUT2D eigenvalue weighted by Gasteiger charge is -2.15. The molecule has 3 rings (SSSR count). The first-order chi connectivity index (χ1) is 14.4. The molecule has 0 saturated carbocycles. The number of thioether (sulfide) groups is 1. The lowest BCUT2D eigenvalue weighted by atomic mass is 10.2. The van der Waals surface area contributed by atoms with Gasteiger partial charge < -0.3 is 10.6 Å². The van der Waals surface area contributed by atoms with E-state index in [1.54, 1.807) is 24.3 Å². The van der Waals surface area contributed by atoms with Gasteiger partial charge in [-0.25, -0.2) is 0 Å². The predicted octanol–water partition coefficient (Wildman–Crippen LogP) is 6.86. The minimum absolute atomic E-state index is 0.0572. The van der Waals surface area contributed by atoms with Crippen LogP contribution in [0.15, 0.2) is 82.2 Å². The fourth-order valence-electron chi connectivity index (χ4n) is 2.72. The highest BCUT2D eigenvalue weighted by molar-refractivity contribution is 9.10. The second-order valence-electron chi connectivity index (χ2n) is 6.50. The minimum atomic E-state index is -0.257. The highest BCUT2D eigenvalue weighted by Gasteiger charge is 2.18. The normalized spacial score (nSPS) is 11.6. The van der Waals surface area contributed by atoms with Gasteiger partial charge in [-0.2, -0.15) is 0 Å². The Kier molecular flexibility index (Phi) is 7.96. The van der Waals surface area contributed by atoms with Crippen LogP contribution in [0.4, 0.5) is 11.4 Å². The van der Waals surface area contributed by atoms with Crippen molar-refractivity contribution in [2.75, 3.05) is 10.6 Å². The molecule has 2 amide bonds. The van der Waals surface area contributed by atoms with E-state index in [1.807, 2.05) is 55.5 Å². The van der Waals surface area contributed by atoms with Crippen molar-refractivity contribution in [1.82, 2.24) is 0 Å². The summed E-state index contributed by atoms with van der Waals surface area (Å²) in [5.74, 6) is -0.294. The maximum atomic E-state index is 12.7. The fraction of sp³-hybridized carbons (Fsp3) is 0.130. The van der Waals surface area contributed by atoms with Crippen molar-refractivity contribution >= 4 is 62.5 Å². The van der Waals surface area contributed by atoms with Gasteiger partial charge in [0, 0.05) is 31.3 Å². The average Bonchev–Trinajstić information content (AvgIpc) is 2.74. The molecule has 7 heteroatoms. The number of amides is 2. The first kappa shape index (κ1) is 22.4. The predicted molar refractivity (Wildman–Crippen MR) is 129 cm³/mol. The fourth-order valence-corrected chi connectivity index (χ4v) is 4.19. The van der Waals surface area contributed by atoms with Crippen LogP contribution in [0, 0.1) is 0 Å². The molecular formula is C23H20BrClN2O2S. The maximum Gasteiger partial charge on any atom is 0.255 e. The number of hydrogen-bond donors (Lipinski definition) is 2. The summed E-state index contributed by atoms with van der Waals surface area (Å²) in [5, 5.41) is 6.08. The standard InChI is InChI=1S/C23H20BrClN2O2S/c1-2-21(23(29)26-18-11-9-16(24)10-12-18)30-20-8-4-7-19(14-20)27-22(28)15-5-3-6-17(25)13-15/h3-14,21H,2H2,1H3,(H,26,29)(H,27,28). The van der Waals surface area contributed by atoms with Crippen molar-refractivity contribution < 1.29 is 9.59 Å². The van der Waals surface area contributed by atoms with Crippen molar-refractivity contribution in [3.05, 3.63) is 87.9 Å². The zero-order valence-corrected chi connectivity index (χ0v) is 19.4. The van der Waals surface area contributed by atoms with Crippen LogP contribution in [-0.4, -0.2) is 17.1 Å². The van der Waals surface area contributed by atoms with Crippen LogP contribution in [0.5, 0.6) is 0 Å². The molecule has 0 radical (unpaired) electrons. The first-order valence-corrected chi connectivity index (χ1v) is 11.4. The summed E-state index contributed by atoms with van der Waals surface area (Å²) in [6.07, 6.45) is 0.673. The molecule has 0 saturated heterocycles. The SMILES string of the molecule is CCC(Sc1cccc(NC(=O)c2cccc(Cl)c2)c1)C(=O)Nc1ccc(Br)cc1. The van der Waals surface area contributed by atoms with Crippen molar-refractivity contribution in [3.8, 4) is 0 Å². The van der Waals surface area contributed by atoms with E-state index in [0.717, 1.165) is 15.1 Å². The number of hydrogen-bond acceptors (Lipinski definition) is 3. The van der Waals surface area contributed by atoms with Crippen molar-refractivity contribution in [2.45, 2.75) is 23.5 Å². The Morgan fingerprint density at radius 1 is 0.967 bits per heavy atom. The van der Waals surface area contributed by atoms with Crippen LogP contribution in [0.3, 0.4) is 0 Å². The number of benzene rings is 3. The molecule has 3 aromatic carbocycles. The summed E-state index contributed by atoms with van der Waals surface area (Å²) in [7, 11) is 0. The Hall–Kier alpha value is -2.28. The molecule has 3 aromatic rings. The molecule has 0 aromatic heterocycles.